The molecule has 6 heteroatoms. The van der Waals surface area contributed by atoms with E-state index in [-0.39, 0.29) is 0 Å². The largest absolute Gasteiger partial charge is 0.240 e. The lowest BCUT2D eigenvalue weighted by Gasteiger charge is -2.03. The summed E-state index contributed by atoms with van der Waals surface area (Å²) in [5.41, 5.74) is 2.16. The number of thiazole rings is 1. The third-order valence-corrected chi connectivity index (χ3v) is 6.29. The molecule has 124 valence electrons. The van der Waals surface area contributed by atoms with Crippen LogP contribution >= 0.6 is 23.1 Å². The van der Waals surface area contributed by atoms with Gasteiger partial charge in [0.25, 0.3) is 0 Å². The van der Waals surface area contributed by atoms with Crippen molar-refractivity contribution in [2.24, 2.45) is 0 Å². The molecule has 2 aromatic carbocycles. The van der Waals surface area contributed by atoms with Crippen LogP contribution in [0.5, 0.6) is 0 Å². The zero-order valence-corrected chi connectivity index (χ0v) is 15.1. The van der Waals surface area contributed by atoms with Gasteiger partial charge in [-0.2, -0.15) is 0 Å². The number of rotatable bonds is 5. The molecule has 0 saturated heterocycles. The molecule has 4 nitrogen and oxygen atoms in total. The molecular weight excluding hydrogens is 348 g/mol. The Morgan fingerprint density at radius 3 is 2.60 bits per heavy atom. The molecule has 1 aliphatic carbocycles. The second-order valence-electron chi connectivity index (χ2n) is 6.14. The third-order valence-electron chi connectivity index (χ3n) is 4.22. The molecule has 0 aliphatic heterocycles. The highest BCUT2D eigenvalue weighted by molar-refractivity contribution is 7.98. The van der Waals surface area contributed by atoms with E-state index in [1.165, 1.54) is 17.5 Å². The van der Waals surface area contributed by atoms with Crippen LogP contribution in [0.1, 0.15) is 29.6 Å². The highest BCUT2D eigenvalue weighted by Gasteiger charge is 2.30. The first-order valence-corrected chi connectivity index (χ1v) is 10.2. The summed E-state index contributed by atoms with van der Waals surface area (Å²) in [6, 6.07) is 18.6. The van der Waals surface area contributed by atoms with Crippen molar-refractivity contribution >= 4 is 33.3 Å². The fraction of sp³-hybridized carbons (Fsp3) is 0.211. The fourth-order valence-electron chi connectivity index (χ4n) is 2.84. The van der Waals surface area contributed by atoms with Gasteiger partial charge in [-0.15, -0.1) is 16.4 Å². The minimum absolute atomic E-state index is 0.560. The molecule has 0 amide bonds. The first-order chi connectivity index (χ1) is 12.4. The van der Waals surface area contributed by atoms with Crippen molar-refractivity contribution in [2.75, 3.05) is 0 Å². The van der Waals surface area contributed by atoms with Gasteiger partial charge in [0.1, 0.15) is 10.8 Å². The molecular formula is C19H16N4S2. The Bertz CT molecular complexity index is 985. The maximum atomic E-state index is 4.81. The van der Waals surface area contributed by atoms with Crippen LogP contribution in [0.2, 0.25) is 0 Å². The number of para-hydroxylation sites is 2. The van der Waals surface area contributed by atoms with Gasteiger partial charge in [-0.05, 0) is 37.1 Å². The Morgan fingerprint density at radius 2 is 1.80 bits per heavy atom. The molecule has 0 spiro atoms. The number of benzene rings is 2. The molecule has 0 bridgehead atoms. The van der Waals surface area contributed by atoms with E-state index in [1.54, 1.807) is 23.1 Å². The fourth-order valence-corrected chi connectivity index (χ4v) is 4.63. The van der Waals surface area contributed by atoms with Gasteiger partial charge in [-0.3, -0.25) is 0 Å². The van der Waals surface area contributed by atoms with Crippen molar-refractivity contribution in [3.63, 3.8) is 0 Å². The molecule has 2 heterocycles. The van der Waals surface area contributed by atoms with Crippen molar-refractivity contribution in [2.45, 2.75) is 29.7 Å². The van der Waals surface area contributed by atoms with Crippen LogP contribution in [0, 0.1) is 0 Å². The first kappa shape index (κ1) is 15.1. The van der Waals surface area contributed by atoms with Crippen LogP contribution < -0.4 is 0 Å². The molecule has 25 heavy (non-hydrogen) atoms. The van der Waals surface area contributed by atoms with E-state index in [1.807, 2.05) is 28.9 Å². The summed E-state index contributed by atoms with van der Waals surface area (Å²) in [5, 5.41) is 6.71. The third kappa shape index (κ3) is 3.07. The number of fused-ring (bicyclic) bond motifs is 1. The van der Waals surface area contributed by atoms with Gasteiger partial charge in [0.15, 0.2) is 0 Å². The normalized spacial score (nSPS) is 14.2. The van der Waals surface area contributed by atoms with Crippen LogP contribution in [-0.4, -0.2) is 19.7 Å². The van der Waals surface area contributed by atoms with Crippen LogP contribution in [0.4, 0.5) is 0 Å². The van der Waals surface area contributed by atoms with Crippen molar-refractivity contribution in [3.8, 4) is 5.69 Å². The van der Waals surface area contributed by atoms with Gasteiger partial charge >= 0.3 is 0 Å². The Morgan fingerprint density at radius 1 is 1.00 bits per heavy atom. The Hall–Kier alpha value is -2.18. The van der Waals surface area contributed by atoms with E-state index >= 15 is 0 Å². The van der Waals surface area contributed by atoms with Crippen LogP contribution in [0.3, 0.4) is 0 Å². The molecule has 0 radical (unpaired) electrons. The number of thioether (sulfide) groups is 1. The average molecular weight is 364 g/mol. The second kappa shape index (κ2) is 6.28. The van der Waals surface area contributed by atoms with Gasteiger partial charge in [-0.1, -0.05) is 42.1 Å². The molecule has 1 fully saturated rings. The van der Waals surface area contributed by atoms with Gasteiger partial charge in [0, 0.05) is 5.92 Å². The van der Waals surface area contributed by atoms with Crippen molar-refractivity contribution in [1.82, 2.24) is 19.7 Å². The zero-order chi connectivity index (χ0) is 16.6. The Kier molecular flexibility index (Phi) is 3.79. The maximum absolute atomic E-state index is 4.81. The molecule has 0 unspecified atom stereocenters. The average Bonchev–Trinajstić information content (AvgIpc) is 3.27. The van der Waals surface area contributed by atoms with E-state index in [0.717, 1.165) is 32.9 Å². The molecule has 5 rings (SSSR count). The van der Waals surface area contributed by atoms with E-state index in [2.05, 4.69) is 30.3 Å². The van der Waals surface area contributed by atoms with Gasteiger partial charge < -0.3 is 0 Å². The smallest absolute Gasteiger partial charge is 0.209 e. The summed E-state index contributed by atoms with van der Waals surface area (Å²) in [7, 11) is 0. The monoisotopic (exact) mass is 364 g/mol. The highest BCUT2D eigenvalue weighted by atomic mass is 32.2. The van der Waals surface area contributed by atoms with Crippen LogP contribution in [-0.2, 0) is 5.75 Å². The van der Waals surface area contributed by atoms with Gasteiger partial charge in [-0.25, -0.2) is 14.6 Å². The predicted octanol–water partition coefficient (Wildman–Crippen LogP) is 5.05. The van der Waals surface area contributed by atoms with Crippen LogP contribution in [0.15, 0.2) is 59.8 Å². The predicted molar refractivity (Wildman–Crippen MR) is 103 cm³/mol. The molecule has 1 saturated carbocycles. The van der Waals surface area contributed by atoms with Crippen LogP contribution in [0.25, 0.3) is 15.9 Å². The number of hydrogen-bond acceptors (Lipinski definition) is 5. The summed E-state index contributed by atoms with van der Waals surface area (Å²) in [4.78, 5) is 9.51. The summed E-state index contributed by atoms with van der Waals surface area (Å²) in [6.45, 7) is 0. The minimum Gasteiger partial charge on any atom is -0.240 e. The summed E-state index contributed by atoms with van der Waals surface area (Å²) in [6.07, 6.45) is 2.43. The highest BCUT2D eigenvalue weighted by Crippen LogP contribution is 2.40. The van der Waals surface area contributed by atoms with Crippen molar-refractivity contribution in [1.29, 1.82) is 0 Å². The van der Waals surface area contributed by atoms with Crippen molar-refractivity contribution < 1.29 is 0 Å². The van der Waals surface area contributed by atoms with E-state index < -0.39 is 0 Å². The lowest BCUT2D eigenvalue weighted by atomic mass is 10.3. The minimum atomic E-state index is 0.560. The lowest BCUT2D eigenvalue weighted by molar-refractivity contribution is 0.782. The SMILES string of the molecule is c1ccc(-n2nc(SCc3nc4ccccc4s3)nc2C2CC2)cc1. The zero-order valence-electron chi connectivity index (χ0n) is 13.5. The summed E-state index contributed by atoms with van der Waals surface area (Å²) in [5.74, 6) is 2.46. The van der Waals surface area contributed by atoms with Crippen molar-refractivity contribution in [3.05, 3.63) is 65.4 Å². The summed E-state index contributed by atoms with van der Waals surface area (Å²) >= 11 is 3.42. The number of nitrogens with zero attached hydrogens (tertiary/aromatic N) is 4. The Labute approximate surface area is 153 Å². The number of hydrogen-bond donors (Lipinski definition) is 0. The first-order valence-electron chi connectivity index (χ1n) is 8.36. The summed E-state index contributed by atoms with van der Waals surface area (Å²) < 4.78 is 3.25. The Balaban J connectivity index is 1.40. The molecule has 0 atom stereocenters. The quantitative estimate of drug-likeness (QED) is 0.465. The molecule has 0 N–H and O–H groups in total. The van der Waals surface area contributed by atoms with E-state index in [0.29, 0.717) is 5.92 Å². The van der Waals surface area contributed by atoms with Gasteiger partial charge in [0.05, 0.1) is 21.7 Å². The maximum Gasteiger partial charge on any atom is 0.209 e. The lowest BCUT2D eigenvalue weighted by Crippen LogP contribution is -2.01. The molecule has 1 aliphatic rings. The topological polar surface area (TPSA) is 43.6 Å². The van der Waals surface area contributed by atoms with Gasteiger partial charge in [0.2, 0.25) is 5.16 Å². The standard InChI is InChI=1S/C19H16N4S2/c1-2-6-14(7-3-1)23-18(13-10-11-13)21-19(22-23)24-12-17-20-15-8-4-5-9-16(15)25-17/h1-9,13H,10-12H2. The van der Waals surface area contributed by atoms with E-state index in [9.17, 15) is 0 Å². The second-order valence-corrected chi connectivity index (χ2v) is 8.20. The number of aromatic nitrogens is 4. The molecule has 2 aromatic heterocycles. The molecule has 4 aromatic rings. The van der Waals surface area contributed by atoms with E-state index in [4.69, 9.17) is 15.1 Å².